The lowest BCUT2D eigenvalue weighted by atomic mass is 9.97. The third kappa shape index (κ3) is 3.36. The molecule has 0 radical (unpaired) electrons. The van der Waals surface area contributed by atoms with Gasteiger partial charge < -0.3 is 10.2 Å². The second-order valence-corrected chi connectivity index (χ2v) is 7.20. The van der Waals surface area contributed by atoms with Crippen molar-refractivity contribution in [2.24, 2.45) is 5.92 Å². The highest BCUT2D eigenvalue weighted by Crippen LogP contribution is 2.26. The Balaban J connectivity index is 1.82. The van der Waals surface area contributed by atoms with E-state index in [1.54, 1.807) is 6.92 Å². The van der Waals surface area contributed by atoms with Crippen LogP contribution in [-0.2, 0) is 4.79 Å². The number of rotatable bonds is 3. The molecule has 1 fully saturated rings. The van der Waals surface area contributed by atoms with Crippen LogP contribution in [0.4, 0.5) is 5.13 Å². The van der Waals surface area contributed by atoms with Gasteiger partial charge in [-0.05, 0) is 33.6 Å². The van der Waals surface area contributed by atoms with Crippen molar-refractivity contribution >= 4 is 27.3 Å². The molecule has 3 heterocycles. The number of hydrogen-bond acceptors (Lipinski definition) is 6. The molecule has 7 nitrogen and oxygen atoms in total. The number of aryl methyl sites for hydroxylation is 1. The van der Waals surface area contributed by atoms with E-state index in [0.717, 1.165) is 24.5 Å². The molecule has 8 heteroatoms. The minimum atomic E-state index is -0.166. The Morgan fingerprint density at radius 2 is 2.26 bits per heavy atom. The molecule has 1 aliphatic heterocycles. The van der Waals surface area contributed by atoms with E-state index in [2.05, 4.69) is 20.3 Å². The summed E-state index contributed by atoms with van der Waals surface area (Å²) in [4.78, 5) is 31.2. The monoisotopic (exact) mass is 335 g/mol. The Hall–Kier alpha value is -1.96. The Kier molecular flexibility index (Phi) is 4.34. The fourth-order valence-corrected chi connectivity index (χ4v) is 3.79. The molecule has 3 rings (SSSR count). The summed E-state index contributed by atoms with van der Waals surface area (Å²) in [6, 6.07) is 1.62. The largest absolute Gasteiger partial charge is 0.354 e. The van der Waals surface area contributed by atoms with E-state index in [0.29, 0.717) is 17.2 Å². The lowest BCUT2D eigenvalue weighted by Gasteiger charge is -2.31. The summed E-state index contributed by atoms with van der Waals surface area (Å²) in [5.74, 6) is 0.0570. The summed E-state index contributed by atoms with van der Waals surface area (Å²) in [7, 11) is 0. The quantitative estimate of drug-likeness (QED) is 0.912. The van der Waals surface area contributed by atoms with Gasteiger partial charge >= 0.3 is 0 Å². The molecule has 124 valence electrons. The lowest BCUT2D eigenvalue weighted by Crippen LogP contribution is -2.44. The first-order chi connectivity index (χ1) is 10.9. The summed E-state index contributed by atoms with van der Waals surface area (Å²) in [6.07, 6.45) is 1.82. The molecule has 0 spiro atoms. The molecular weight excluding hydrogens is 314 g/mol. The van der Waals surface area contributed by atoms with Crippen LogP contribution in [0.25, 0.3) is 4.96 Å². The van der Waals surface area contributed by atoms with Crippen LogP contribution in [0.3, 0.4) is 0 Å². The normalized spacial score (nSPS) is 18.6. The maximum atomic E-state index is 12.2. The van der Waals surface area contributed by atoms with Crippen LogP contribution in [-0.4, -0.2) is 39.6 Å². The number of nitrogens with zero attached hydrogens (tertiary/aromatic N) is 4. The van der Waals surface area contributed by atoms with Gasteiger partial charge in [-0.2, -0.15) is 4.52 Å². The van der Waals surface area contributed by atoms with Crippen molar-refractivity contribution in [2.75, 3.05) is 18.0 Å². The van der Waals surface area contributed by atoms with E-state index in [1.165, 1.54) is 21.9 Å². The zero-order chi connectivity index (χ0) is 16.6. The van der Waals surface area contributed by atoms with Crippen molar-refractivity contribution in [1.82, 2.24) is 19.9 Å². The second kappa shape index (κ2) is 6.27. The first-order valence-corrected chi connectivity index (χ1v) is 8.68. The summed E-state index contributed by atoms with van der Waals surface area (Å²) in [6.45, 7) is 7.21. The summed E-state index contributed by atoms with van der Waals surface area (Å²) in [5, 5.41) is 8.12. The summed E-state index contributed by atoms with van der Waals surface area (Å²) >= 11 is 1.39. The number of amides is 1. The van der Waals surface area contributed by atoms with Crippen molar-refractivity contribution in [3.8, 4) is 0 Å². The zero-order valence-corrected chi connectivity index (χ0v) is 14.4. The third-order valence-electron chi connectivity index (χ3n) is 3.86. The van der Waals surface area contributed by atoms with Gasteiger partial charge in [0.15, 0.2) is 0 Å². The smallest absolute Gasteiger partial charge is 0.275 e. The summed E-state index contributed by atoms with van der Waals surface area (Å²) in [5.41, 5.74) is 0.527. The molecule has 1 saturated heterocycles. The topological polar surface area (TPSA) is 79.6 Å². The predicted molar refractivity (Wildman–Crippen MR) is 90.1 cm³/mol. The number of fused-ring (bicyclic) bond motifs is 1. The van der Waals surface area contributed by atoms with Gasteiger partial charge in [0.05, 0.1) is 5.92 Å². The van der Waals surface area contributed by atoms with E-state index in [1.807, 2.05) is 13.8 Å². The molecule has 1 N–H and O–H groups in total. The molecule has 2 aromatic rings. The maximum absolute atomic E-state index is 12.2. The number of piperidine rings is 1. The van der Waals surface area contributed by atoms with Crippen molar-refractivity contribution in [1.29, 1.82) is 0 Å². The standard InChI is InChI=1S/C15H21N5O2S/c1-9(2)16-13(22)11-5-4-6-19(8-11)15-18-20-12(21)7-10(3)17-14(20)23-15/h7,9,11H,4-6,8H2,1-3H3,(H,16,22)/t11-/m1/s1. The van der Waals surface area contributed by atoms with Gasteiger partial charge in [0.1, 0.15) is 0 Å². The van der Waals surface area contributed by atoms with Gasteiger partial charge in [-0.15, -0.1) is 5.10 Å². The fraction of sp³-hybridized carbons (Fsp3) is 0.600. The molecule has 0 aromatic carbocycles. The van der Waals surface area contributed by atoms with Crippen LogP contribution in [0.2, 0.25) is 0 Å². The zero-order valence-electron chi connectivity index (χ0n) is 13.6. The highest BCUT2D eigenvalue weighted by Gasteiger charge is 2.28. The highest BCUT2D eigenvalue weighted by molar-refractivity contribution is 7.20. The van der Waals surface area contributed by atoms with Crippen LogP contribution in [0.15, 0.2) is 10.9 Å². The van der Waals surface area contributed by atoms with Gasteiger partial charge in [-0.1, -0.05) is 11.3 Å². The van der Waals surface area contributed by atoms with E-state index in [-0.39, 0.29) is 23.4 Å². The van der Waals surface area contributed by atoms with Crippen LogP contribution >= 0.6 is 11.3 Å². The van der Waals surface area contributed by atoms with Crippen LogP contribution < -0.4 is 15.8 Å². The van der Waals surface area contributed by atoms with Crippen molar-refractivity contribution in [2.45, 2.75) is 39.7 Å². The Bertz CT molecular complexity index is 782. The molecule has 23 heavy (non-hydrogen) atoms. The van der Waals surface area contributed by atoms with Crippen LogP contribution in [0.5, 0.6) is 0 Å². The molecule has 1 atom stereocenters. The molecule has 0 bridgehead atoms. The Labute approximate surface area is 138 Å². The molecule has 2 aromatic heterocycles. The van der Waals surface area contributed by atoms with E-state index in [9.17, 15) is 9.59 Å². The first-order valence-electron chi connectivity index (χ1n) is 7.87. The molecule has 0 unspecified atom stereocenters. The minimum absolute atomic E-state index is 0.0374. The predicted octanol–water partition coefficient (Wildman–Crippen LogP) is 1.20. The number of carbonyl (C=O) groups is 1. The molecule has 1 aliphatic rings. The fourth-order valence-electron chi connectivity index (χ4n) is 2.81. The molecular formula is C15H21N5O2S. The Morgan fingerprint density at radius 1 is 1.48 bits per heavy atom. The van der Waals surface area contributed by atoms with E-state index in [4.69, 9.17) is 0 Å². The molecule has 1 amide bonds. The van der Waals surface area contributed by atoms with Gasteiger partial charge in [-0.3, -0.25) is 9.59 Å². The number of hydrogen-bond donors (Lipinski definition) is 1. The van der Waals surface area contributed by atoms with Gasteiger partial charge in [-0.25, -0.2) is 4.98 Å². The van der Waals surface area contributed by atoms with Crippen LogP contribution in [0.1, 0.15) is 32.4 Å². The molecule has 0 saturated carbocycles. The number of nitrogens with one attached hydrogen (secondary N) is 1. The van der Waals surface area contributed by atoms with Crippen molar-refractivity contribution in [3.05, 3.63) is 22.1 Å². The highest BCUT2D eigenvalue weighted by atomic mass is 32.1. The van der Waals surface area contributed by atoms with Gasteiger partial charge in [0.25, 0.3) is 5.56 Å². The number of carbonyl (C=O) groups excluding carboxylic acids is 1. The number of anilines is 1. The number of aromatic nitrogens is 3. The SMILES string of the molecule is Cc1cc(=O)n2nc(N3CCC[C@@H](C(=O)NC(C)C)C3)sc2n1. The second-order valence-electron chi connectivity index (χ2n) is 6.26. The average Bonchev–Trinajstić information content (AvgIpc) is 2.91. The Morgan fingerprint density at radius 3 is 3.00 bits per heavy atom. The average molecular weight is 335 g/mol. The van der Waals surface area contributed by atoms with E-state index < -0.39 is 0 Å². The minimum Gasteiger partial charge on any atom is -0.354 e. The van der Waals surface area contributed by atoms with E-state index >= 15 is 0 Å². The van der Waals surface area contributed by atoms with Crippen molar-refractivity contribution in [3.63, 3.8) is 0 Å². The van der Waals surface area contributed by atoms with Crippen molar-refractivity contribution < 1.29 is 4.79 Å². The lowest BCUT2D eigenvalue weighted by molar-refractivity contribution is -0.125. The van der Waals surface area contributed by atoms with Crippen LogP contribution in [0, 0.1) is 12.8 Å². The van der Waals surface area contributed by atoms with Gasteiger partial charge in [0.2, 0.25) is 16.0 Å². The first kappa shape index (κ1) is 15.9. The summed E-state index contributed by atoms with van der Waals surface area (Å²) < 4.78 is 1.34. The van der Waals surface area contributed by atoms with Gasteiger partial charge in [0, 0.05) is 30.9 Å². The molecule has 0 aliphatic carbocycles. The maximum Gasteiger partial charge on any atom is 0.275 e. The third-order valence-corrected chi connectivity index (χ3v) is 4.83.